The van der Waals surface area contributed by atoms with Crippen LogP contribution in [0.5, 0.6) is 0 Å². The molecule has 0 saturated carbocycles. The summed E-state index contributed by atoms with van der Waals surface area (Å²) in [5.74, 6) is 0. The molecular formula is C25H17NS. The first kappa shape index (κ1) is 15.0. The highest BCUT2D eigenvalue weighted by atomic mass is 32.1. The average Bonchev–Trinajstić information content (AvgIpc) is 3.24. The van der Waals surface area contributed by atoms with Crippen molar-refractivity contribution in [1.29, 1.82) is 0 Å². The van der Waals surface area contributed by atoms with Crippen LogP contribution in [0.4, 0.5) is 0 Å². The van der Waals surface area contributed by atoms with Crippen LogP contribution in [0.3, 0.4) is 0 Å². The lowest BCUT2D eigenvalue weighted by molar-refractivity contribution is 1.02. The molecule has 0 spiro atoms. The van der Waals surface area contributed by atoms with Crippen molar-refractivity contribution < 1.29 is 0 Å². The van der Waals surface area contributed by atoms with Gasteiger partial charge in [-0.25, -0.2) is 0 Å². The zero-order valence-electron chi connectivity index (χ0n) is 14.9. The van der Waals surface area contributed by atoms with E-state index in [4.69, 9.17) is 0 Å². The Hall–Kier alpha value is -3.10. The first-order valence-electron chi connectivity index (χ1n) is 9.20. The average molecular weight is 363 g/mol. The number of para-hydroxylation sites is 1. The van der Waals surface area contributed by atoms with Gasteiger partial charge < -0.3 is 4.57 Å². The first-order valence-corrected chi connectivity index (χ1v) is 10.0. The maximum atomic E-state index is 2.36. The second-order valence-corrected chi connectivity index (χ2v) is 8.14. The Labute approximate surface area is 161 Å². The fraction of sp³-hybridized carbons (Fsp3) is 0.0400. The molecule has 0 fully saturated rings. The van der Waals surface area contributed by atoms with Gasteiger partial charge in [-0.2, -0.15) is 0 Å². The fourth-order valence-corrected chi connectivity index (χ4v) is 5.55. The first-order chi connectivity index (χ1) is 13.3. The van der Waals surface area contributed by atoms with E-state index in [2.05, 4.69) is 96.5 Å². The third-order valence-corrected chi connectivity index (χ3v) is 6.74. The predicted molar refractivity (Wildman–Crippen MR) is 119 cm³/mol. The van der Waals surface area contributed by atoms with Gasteiger partial charge in [0.1, 0.15) is 0 Å². The Morgan fingerprint density at radius 3 is 2.30 bits per heavy atom. The highest BCUT2D eigenvalue weighted by Gasteiger charge is 2.17. The molecule has 27 heavy (non-hydrogen) atoms. The topological polar surface area (TPSA) is 4.93 Å². The van der Waals surface area contributed by atoms with Crippen LogP contribution in [0, 0.1) is 0 Å². The summed E-state index contributed by atoms with van der Waals surface area (Å²) in [5.41, 5.74) is 5.16. The van der Waals surface area contributed by atoms with E-state index in [1.54, 1.807) is 0 Å². The molecule has 0 aliphatic rings. The van der Waals surface area contributed by atoms with Crippen molar-refractivity contribution in [3.63, 3.8) is 0 Å². The van der Waals surface area contributed by atoms with E-state index < -0.39 is 0 Å². The second kappa shape index (κ2) is 5.45. The van der Waals surface area contributed by atoms with Gasteiger partial charge in [0.2, 0.25) is 0 Å². The number of benzene rings is 4. The van der Waals surface area contributed by atoms with Crippen LogP contribution in [-0.4, -0.2) is 4.57 Å². The molecule has 0 atom stereocenters. The van der Waals surface area contributed by atoms with Crippen LogP contribution in [0.1, 0.15) is 0 Å². The maximum absolute atomic E-state index is 2.36. The number of nitrogens with zero attached hydrogens (tertiary/aromatic N) is 1. The Balaban J connectivity index is 1.87. The van der Waals surface area contributed by atoms with Crippen molar-refractivity contribution in [2.45, 2.75) is 0 Å². The van der Waals surface area contributed by atoms with E-state index in [0.717, 1.165) is 0 Å². The summed E-state index contributed by atoms with van der Waals surface area (Å²) >= 11 is 1.89. The molecule has 0 saturated heterocycles. The largest absolute Gasteiger partial charge is 0.343 e. The molecule has 0 N–H and O–H groups in total. The molecule has 0 radical (unpaired) electrons. The quantitative estimate of drug-likeness (QED) is 0.287. The van der Waals surface area contributed by atoms with Gasteiger partial charge in [0.15, 0.2) is 0 Å². The summed E-state index contributed by atoms with van der Waals surface area (Å²) in [6.07, 6.45) is 0. The van der Waals surface area contributed by atoms with Gasteiger partial charge in [-0.1, -0.05) is 66.7 Å². The van der Waals surface area contributed by atoms with Crippen molar-refractivity contribution in [3.8, 4) is 11.1 Å². The zero-order chi connectivity index (χ0) is 18.0. The summed E-state index contributed by atoms with van der Waals surface area (Å²) in [4.78, 5) is 0. The van der Waals surface area contributed by atoms with Gasteiger partial charge in [0.25, 0.3) is 0 Å². The number of hydrogen-bond donors (Lipinski definition) is 0. The van der Waals surface area contributed by atoms with Crippen molar-refractivity contribution >= 4 is 53.3 Å². The van der Waals surface area contributed by atoms with E-state index in [9.17, 15) is 0 Å². The van der Waals surface area contributed by atoms with E-state index in [1.165, 1.54) is 53.1 Å². The fourth-order valence-electron chi connectivity index (χ4n) is 4.44. The lowest BCUT2D eigenvalue weighted by atomic mass is 10.0. The van der Waals surface area contributed by atoms with E-state index in [0.29, 0.717) is 0 Å². The SMILES string of the molecule is Cn1c2ccc3sc4ccccc4c3c2c2cccc(-c3ccccc3)c21. The minimum Gasteiger partial charge on any atom is -0.343 e. The number of hydrogen-bond acceptors (Lipinski definition) is 1. The molecule has 0 amide bonds. The Morgan fingerprint density at radius 2 is 1.41 bits per heavy atom. The van der Waals surface area contributed by atoms with Gasteiger partial charge in [0.05, 0.1) is 5.52 Å². The van der Waals surface area contributed by atoms with E-state index in [1.807, 2.05) is 11.3 Å². The minimum atomic E-state index is 1.26. The summed E-state index contributed by atoms with van der Waals surface area (Å²) in [7, 11) is 2.19. The standard InChI is InChI=1S/C25H17NS/c1-26-20-14-15-22-24(18-10-5-6-13-21(18)27-22)23(20)19-12-7-11-17(25(19)26)16-8-3-2-4-9-16/h2-15H,1H3. The normalized spacial score (nSPS) is 11.9. The van der Waals surface area contributed by atoms with E-state index >= 15 is 0 Å². The molecule has 0 bridgehead atoms. The van der Waals surface area contributed by atoms with Crippen LogP contribution in [0.15, 0.2) is 84.9 Å². The molecule has 2 aromatic heterocycles. The van der Waals surface area contributed by atoms with Gasteiger partial charge in [0, 0.05) is 49.1 Å². The molecule has 1 nitrogen and oxygen atoms in total. The molecule has 6 rings (SSSR count). The van der Waals surface area contributed by atoms with E-state index in [-0.39, 0.29) is 0 Å². The molecule has 4 aromatic carbocycles. The van der Waals surface area contributed by atoms with Gasteiger partial charge in [-0.3, -0.25) is 0 Å². The number of aryl methyl sites for hydroxylation is 1. The van der Waals surface area contributed by atoms with Crippen molar-refractivity contribution in [2.24, 2.45) is 7.05 Å². The predicted octanol–water partition coefficient (Wildman–Crippen LogP) is 7.37. The van der Waals surface area contributed by atoms with Gasteiger partial charge in [-0.15, -0.1) is 11.3 Å². The zero-order valence-corrected chi connectivity index (χ0v) is 15.8. The third kappa shape index (κ3) is 1.99. The number of thiophene rings is 1. The lowest BCUT2D eigenvalue weighted by Gasteiger charge is -2.06. The maximum Gasteiger partial charge on any atom is 0.0568 e. The molecule has 0 unspecified atom stereocenters. The summed E-state index contributed by atoms with van der Waals surface area (Å²) < 4.78 is 5.08. The van der Waals surface area contributed by atoms with Gasteiger partial charge >= 0.3 is 0 Å². The smallest absolute Gasteiger partial charge is 0.0568 e. The summed E-state index contributed by atoms with van der Waals surface area (Å²) in [6.45, 7) is 0. The molecule has 128 valence electrons. The lowest BCUT2D eigenvalue weighted by Crippen LogP contribution is -1.89. The molecule has 2 heteroatoms. The van der Waals surface area contributed by atoms with Crippen LogP contribution in [0.2, 0.25) is 0 Å². The monoisotopic (exact) mass is 363 g/mol. The van der Waals surface area contributed by atoms with Crippen LogP contribution in [-0.2, 0) is 7.05 Å². The molecule has 0 aliphatic carbocycles. The van der Waals surface area contributed by atoms with Crippen LogP contribution < -0.4 is 0 Å². The third-order valence-electron chi connectivity index (χ3n) is 5.61. The molecular weight excluding hydrogens is 346 g/mol. The van der Waals surface area contributed by atoms with Crippen molar-refractivity contribution in [3.05, 3.63) is 84.9 Å². The minimum absolute atomic E-state index is 1.26. The molecule has 0 aliphatic heterocycles. The Morgan fingerprint density at radius 1 is 0.630 bits per heavy atom. The Bertz CT molecular complexity index is 1470. The second-order valence-electron chi connectivity index (χ2n) is 7.06. The van der Waals surface area contributed by atoms with Crippen molar-refractivity contribution in [2.75, 3.05) is 0 Å². The van der Waals surface area contributed by atoms with Crippen molar-refractivity contribution in [1.82, 2.24) is 4.57 Å². The molecule has 6 aromatic rings. The number of rotatable bonds is 1. The number of aromatic nitrogens is 1. The molecule has 2 heterocycles. The highest BCUT2D eigenvalue weighted by Crippen LogP contribution is 2.43. The summed E-state index contributed by atoms with van der Waals surface area (Å²) in [6, 6.07) is 30.7. The van der Waals surface area contributed by atoms with Crippen LogP contribution >= 0.6 is 11.3 Å². The van der Waals surface area contributed by atoms with Crippen LogP contribution in [0.25, 0.3) is 53.1 Å². The highest BCUT2D eigenvalue weighted by molar-refractivity contribution is 7.26. The van der Waals surface area contributed by atoms with Gasteiger partial charge in [-0.05, 0) is 23.8 Å². The Kier molecular flexibility index (Phi) is 3.03. The number of fused-ring (bicyclic) bond motifs is 7. The summed E-state index contributed by atoms with van der Waals surface area (Å²) in [5, 5.41) is 5.47.